The highest BCUT2D eigenvalue weighted by Crippen LogP contribution is 2.21. The van der Waals surface area contributed by atoms with Crippen LogP contribution in [0.3, 0.4) is 0 Å². The Labute approximate surface area is 179 Å². The first-order chi connectivity index (χ1) is 14.8. The number of nitrogens with zero attached hydrogens (tertiary/aromatic N) is 3. The minimum absolute atomic E-state index is 0.244. The van der Waals surface area contributed by atoms with Crippen LogP contribution in [-0.2, 0) is 9.53 Å². The number of anilines is 2. The van der Waals surface area contributed by atoms with E-state index in [1.54, 1.807) is 52.0 Å². The Bertz CT molecular complexity index is 1090. The molecule has 0 saturated carbocycles. The van der Waals surface area contributed by atoms with Gasteiger partial charge in [0.1, 0.15) is 24.4 Å². The molecule has 1 unspecified atom stereocenters. The Kier molecular flexibility index (Phi) is 6.49. The number of H-pyrrole nitrogens is 1. The van der Waals surface area contributed by atoms with E-state index in [1.807, 2.05) is 0 Å². The lowest BCUT2D eigenvalue weighted by Crippen LogP contribution is -2.24. The molecule has 0 spiro atoms. The van der Waals surface area contributed by atoms with Crippen LogP contribution in [0.2, 0.25) is 0 Å². The van der Waals surface area contributed by atoms with Gasteiger partial charge in [0.2, 0.25) is 5.91 Å². The molecule has 3 N–H and O–H groups in total. The first-order valence-electron chi connectivity index (χ1n) is 9.74. The fourth-order valence-electron chi connectivity index (χ4n) is 3.10. The van der Waals surface area contributed by atoms with Crippen molar-refractivity contribution in [1.82, 2.24) is 19.7 Å². The lowest BCUT2D eigenvalue weighted by Gasteiger charge is -2.12. The van der Waals surface area contributed by atoms with Gasteiger partial charge in [0.25, 0.3) is 5.91 Å². The summed E-state index contributed by atoms with van der Waals surface area (Å²) in [5.74, 6) is -1.09. The number of aromatic nitrogens is 4. The highest BCUT2D eigenvalue weighted by atomic mass is 16.5. The Morgan fingerprint density at radius 2 is 1.77 bits per heavy atom. The number of nitrogens with one attached hydrogen (secondary N) is 3. The SMILES string of the molecule is CCOC(=O)c1c(C)[nH]c(C(=O)Nc2ccc(NC(=O)C(C)n3cncn3)cc2)c1C. The fourth-order valence-corrected chi connectivity index (χ4v) is 3.10. The Morgan fingerprint density at radius 3 is 2.35 bits per heavy atom. The molecule has 0 aliphatic heterocycles. The average Bonchev–Trinajstić information content (AvgIpc) is 3.37. The van der Waals surface area contributed by atoms with Crippen LogP contribution in [0, 0.1) is 13.8 Å². The Hall–Kier alpha value is -3.95. The molecule has 2 heterocycles. The molecule has 0 fully saturated rings. The van der Waals surface area contributed by atoms with Crippen molar-refractivity contribution in [3.8, 4) is 0 Å². The zero-order chi connectivity index (χ0) is 22.5. The predicted molar refractivity (Wildman–Crippen MR) is 114 cm³/mol. The zero-order valence-electron chi connectivity index (χ0n) is 17.7. The number of rotatable bonds is 7. The van der Waals surface area contributed by atoms with Crippen LogP contribution in [0.25, 0.3) is 0 Å². The fraction of sp³-hybridized carbons (Fsp3) is 0.286. The molecule has 0 bridgehead atoms. The van der Waals surface area contributed by atoms with Crippen molar-refractivity contribution in [3.63, 3.8) is 0 Å². The molecule has 31 heavy (non-hydrogen) atoms. The summed E-state index contributed by atoms with van der Waals surface area (Å²) in [6.45, 7) is 7.10. The van der Waals surface area contributed by atoms with E-state index in [4.69, 9.17) is 4.74 Å². The van der Waals surface area contributed by atoms with E-state index >= 15 is 0 Å². The predicted octanol–water partition coefficient (Wildman–Crippen LogP) is 2.85. The molecule has 1 atom stereocenters. The van der Waals surface area contributed by atoms with Gasteiger partial charge in [0.05, 0.1) is 12.2 Å². The van der Waals surface area contributed by atoms with Crippen LogP contribution in [0.4, 0.5) is 11.4 Å². The number of carbonyl (C=O) groups excluding carboxylic acids is 3. The van der Waals surface area contributed by atoms with Crippen LogP contribution >= 0.6 is 0 Å². The van der Waals surface area contributed by atoms with Gasteiger partial charge in [0.15, 0.2) is 0 Å². The highest BCUT2D eigenvalue weighted by Gasteiger charge is 2.23. The molecule has 3 aromatic rings. The van der Waals surface area contributed by atoms with Crippen LogP contribution < -0.4 is 10.6 Å². The molecular formula is C21H24N6O4. The van der Waals surface area contributed by atoms with Gasteiger partial charge >= 0.3 is 5.97 Å². The summed E-state index contributed by atoms with van der Waals surface area (Å²) < 4.78 is 6.51. The summed E-state index contributed by atoms with van der Waals surface area (Å²) in [5, 5.41) is 9.52. The van der Waals surface area contributed by atoms with Crippen molar-refractivity contribution in [2.24, 2.45) is 0 Å². The van der Waals surface area contributed by atoms with Gasteiger partial charge in [-0.2, -0.15) is 5.10 Å². The van der Waals surface area contributed by atoms with Crippen molar-refractivity contribution >= 4 is 29.2 Å². The van der Waals surface area contributed by atoms with E-state index < -0.39 is 12.0 Å². The second-order valence-electron chi connectivity index (χ2n) is 6.92. The van der Waals surface area contributed by atoms with E-state index in [1.165, 1.54) is 17.3 Å². The van der Waals surface area contributed by atoms with Crippen molar-refractivity contribution in [3.05, 3.63) is 59.4 Å². The molecule has 2 aromatic heterocycles. The summed E-state index contributed by atoms with van der Waals surface area (Å²) in [6.07, 6.45) is 2.84. The van der Waals surface area contributed by atoms with Gasteiger partial charge in [-0.15, -0.1) is 0 Å². The summed E-state index contributed by atoms with van der Waals surface area (Å²) in [5.41, 5.74) is 2.87. The molecule has 0 radical (unpaired) electrons. The number of ether oxygens (including phenoxy) is 1. The van der Waals surface area contributed by atoms with Crippen LogP contribution in [-0.4, -0.2) is 44.1 Å². The first-order valence-corrected chi connectivity index (χ1v) is 9.74. The van der Waals surface area contributed by atoms with E-state index in [0.29, 0.717) is 33.9 Å². The van der Waals surface area contributed by atoms with E-state index in [-0.39, 0.29) is 18.4 Å². The Balaban J connectivity index is 1.66. The molecule has 10 nitrogen and oxygen atoms in total. The minimum Gasteiger partial charge on any atom is -0.462 e. The second-order valence-corrected chi connectivity index (χ2v) is 6.92. The lowest BCUT2D eigenvalue weighted by molar-refractivity contribution is -0.119. The number of aryl methyl sites for hydroxylation is 1. The molecule has 162 valence electrons. The number of carbonyl (C=O) groups is 3. The van der Waals surface area contributed by atoms with Crippen molar-refractivity contribution in [1.29, 1.82) is 0 Å². The zero-order valence-corrected chi connectivity index (χ0v) is 17.7. The second kappa shape index (κ2) is 9.24. The van der Waals surface area contributed by atoms with Crippen molar-refractivity contribution in [2.75, 3.05) is 17.2 Å². The molecule has 1 aromatic carbocycles. The van der Waals surface area contributed by atoms with E-state index in [0.717, 1.165) is 0 Å². The number of esters is 1. The molecule has 3 rings (SSSR count). The van der Waals surface area contributed by atoms with Crippen molar-refractivity contribution < 1.29 is 19.1 Å². The van der Waals surface area contributed by atoms with Gasteiger partial charge in [-0.1, -0.05) is 0 Å². The summed E-state index contributed by atoms with van der Waals surface area (Å²) >= 11 is 0. The van der Waals surface area contributed by atoms with Gasteiger partial charge in [-0.25, -0.2) is 14.5 Å². The maximum Gasteiger partial charge on any atom is 0.340 e. The summed E-state index contributed by atoms with van der Waals surface area (Å²) in [4.78, 5) is 43.9. The van der Waals surface area contributed by atoms with Gasteiger partial charge in [-0.3, -0.25) is 9.59 Å². The van der Waals surface area contributed by atoms with Crippen LogP contribution in [0.5, 0.6) is 0 Å². The third-order valence-corrected chi connectivity index (χ3v) is 4.77. The van der Waals surface area contributed by atoms with Gasteiger partial charge < -0.3 is 20.4 Å². The average molecular weight is 424 g/mol. The van der Waals surface area contributed by atoms with E-state index in [9.17, 15) is 14.4 Å². The quantitative estimate of drug-likeness (QED) is 0.500. The van der Waals surface area contributed by atoms with E-state index in [2.05, 4.69) is 25.7 Å². The lowest BCUT2D eigenvalue weighted by atomic mass is 10.1. The molecular weight excluding hydrogens is 400 g/mol. The number of aromatic amines is 1. The van der Waals surface area contributed by atoms with Crippen LogP contribution in [0.1, 0.15) is 52.0 Å². The largest absolute Gasteiger partial charge is 0.462 e. The number of hydrogen-bond acceptors (Lipinski definition) is 6. The topological polar surface area (TPSA) is 131 Å². The molecule has 0 saturated heterocycles. The first kappa shape index (κ1) is 21.8. The van der Waals surface area contributed by atoms with Gasteiger partial charge in [0, 0.05) is 17.1 Å². The Morgan fingerprint density at radius 1 is 1.13 bits per heavy atom. The summed E-state index contributed by atoms with van der Waals surface area (Å²) in [6, 6.07) is 6.18. The monoisotopic (exact) mass is 424 g/mol. The third kappa shape index (κ3) is 4.80. The number of hydrogen-bond donors (Lipinski definition) is 3. The number of benzene rings is 1. The maximum absolute atomic E-state index is 12.7. The van der Waals surface area contributed by atoms with Crippen LogP contribution in [0.15, 0.2) is 36.9 Å². The third-order valence-electron chi connectivity index (χ3n) is 4.77. The normalized spacial score (nSPS) is 11.6. The maximum atomic E-state index is 12.7. The molecule has 0 aliphatic carbocycles. The van der Waals surface area contributed by atoms with Gasteiger partial charge in [-0.05, 0) is 57.5 Å². The smallest absolute Gasteiger partial charge is 0.340 e. The molecule has 0 aliphatic rings. The summed E-state index contributed by atoms with van der Waals surface area (Å²) in [7, 11) is 0. The van der Waals surface area contributed by atoms with Crippen molar-refractivity contribution in [2.45, 2.75) is 33.7 Å². The number of amides is 2. The highest BCUT2D eigenvalue weighted by molar-refractivity contribution is 6.07. The standard InChI is InChI=1S/C21H24N6O4/c1-5-31-21(30)17-12(2)18(24-13(17)3)20(29)26-16-8-6-15(7-9-16)25-19(28)14(4)27-11-22-10-23-27/h6-11,14,24H,5H2,1-4H3,(H,25,28)(H,26,29). The minimum atomic E-state index is -0.519. The molecule has 10 heteroatoms. The molecule has 2 amide bonds.